The number of hydrogen-bond acceptors (Lipinski definition) is 2. The van der Waals surface area contributed by atoms with E-state index in [-0.39, 0.29) is 17.8 Å². The summed E-state index contributed by atoms with van der Waals surface area (Å²) < 4.78 is 5.53. The first kappa shape index (κ1) is 9.20. The minimum atomic E-state index is -0.527. The van der Waals surface area contributed by atoms with E-state index in [1.54, 1.807) is 0 Å². The van der Waals surface area contributed by atoms with E-state index in [0.29, 0.717) is 0 Å². The van der Waals surface area contributed by atoms with Crippen molar-refractivity contribution in [3.63, 3.8) is 0 Å². The normalized spacial score (nSPS) is 26.3. The van der Waals surface area contributed by atoms with Gasteiger partial charge in [0.1, 0.15) is 17.8 Å². The summed E-state index contributed by atoms with van der Waals surface area (Å²) in [6.45, 7) is 1.05. The van der Waals surface area contributed by atoms with Crippen LogP contribution >= 0.6 is 0 Å². The van der Waals surface area contributed by atoms with Crippen LogP contribution in [0.5, 0.6) is 0 Å². The highest BCUT2D eigenvalue weighted by molar-refractivity contribution is 7.35. The predicted octanol–water partition coefficient (Wildman–Crippen LogP) is -0.483. The van der Waals surface area contributed by atoms with Crippen LogP contribution in [0.1, 0.15) is 0 Å². The molecule has 2 rings (SSSR count). The molecule has 0 amide bonds. The molecule has 0 aliphatic carbocycles. The zero-order chi connectivity index (χ0) is 8.93. The smallest absolute Gasteiger partial charge is 0.142 e. The van der Waals surface area contributed by atoms with Crippen LogP contribution in [0.15, 0.2) is 30.3 Å². The van der Waals surface area contributed by atoms with Crippen molar-refractivity contribution in [2.75, 3.05) is 11.6 Å². The van der Waals surface area contributed by atoms with Gasteiger partial charge in [-0.15, -0.1) is 0 Å². The maximum atomic E-state index is 5.53. The summed E-state index contributed by atoms with van der Waals surface area (Å²) in [5.74, 6) is 0. The molecule has 5 heteroatoms. The molecule has 1 aromatic carbocycles. The summed E-state index contributed by atoms with van der Waals surface area (Å²) in [4.78, 5) is 3.74. The fraction of sp³-hybridized carbons (Fsp3) is 0.250. The van der Waals surface area contributed by atoms with Gasteiger partial charge in [0.05, 0.1) is 8.55 Å². The highest BCUT2D eigenvalue weighted by atomic mass is 29.6. The maximum Gasteiger partial charge on any atom is 0.142 e. The van der Waals surface area contributed by atoms with Crippen LogP contribution < -0.4 is 4.98 Å². The number of hydrogen-bond donors (Lipinski definition) is 1. The van der Waals surface area contributed by atoms with Crippen molar-refractivity contribution in [3.8, 4) is 0 Å². The minimum absolute atomic E-state index is 0.0167. The molecule has 70 valence electrons. The number of rotatable bonds is 2. The minimum Gasteiger partial charge on any atom is -0.428 e. The van der Waals surface area contributed by atoms with Crippen LogP contribution in [0.25, 0.3) is 0 Å². The number of nitrogens with one attached hydrogen (secondary N) is 1. The Morgan fingerprint density at radius 3 is 2.85 bits per heavy atom. The summed E-state index contributed by atoms with van der Waals surface area (Å²) in [5.41, 5.74) is 1.34. The van der Waals surface area contributed by atoms with Gasteiger partial charge in [-0.2, -0.15) is 0 Å². The van der Waals surface area contributed by atoms with Gasteiger partial charge >= 0.3 is 0 Å². The molecule has 0 spiro atoms. The van der Waals surface area contributed by atoms with Gasteiger partial charge in [0.25, 0.3) is 0 Å². The molecule has 1 aliphatic rings. The molecular formula is C8H15NOSi3. The number of para-hydroxylation sites is 1. The maximum absolute atomic E-state index is 5.53. The molecule has 13 heavy (non-hydrogen) atoms. The second kappa shape index (κ2) is 4.75. The number of benzene rings is 1. The van der Waals surface area contributed by atoms with E-state index >= 15 is 0 Å². The van der Waals surface area contributed by atoms with Crippen molar-refractivity contribution in [2.24, 2.45) is 0 Å². The van der Waals surface area contributed by atoms with Crippen LogP contribution in [-0.2, 0) is 4.43 Å². The van der Waals surface area contributed by atoms with E-state index in [1.807, 2.05) is 0 Å². The van der Waals surface area contributed by atoms with Gasteiger partial charge in [-0.1, -0.05) is 18.2 Å². The third kappa shape index (κ3) is 2.80. The summed E-state index contributed by atoms with van der Waals surface area (Å²) >= 11 is 0. The van der Waals surface area contributed by atoms with Gasteiger partial charge in [0.2, 0.25) is 0 Å². The van der Waals surface area contributed by atoms with Crippen molar-refractivity contribution in [2.45, 2.75) is 6.04 Å². The molecule has 1 fully saturated rings. The molecular weight excluding hydrogens is 210 g/mol. The van der Waals surface area contributed by atoms with Crippen LogP contribution in [0.3, 0.4) is 0 Å². The van der Waals surface area contributed by atoms with Gasteiger partial charge < -0.3 is 9.41 Å². The average molecular weight is 225 g/mol. The van der Waals surface area contributed by atoms with Gasteiger partial charge in [-0.05, 0) is 18.2 Å². The molecule has 1 heterocycles. The molecule has 0 radical (unpaired) electrons. The molecule has 2 nitrogen and oxygen atoms in total. The zero-order valence-electron chi connectivity index (χ0n) is 7.70. The topological polar surface area (TPSA) is 21.3 Å². The Bertz CT molecular complexity index is 251. The molecule has 1 aliphatic heterocycles. The molecule has 1 aromatic rings. The highest BCUT2D eigenvalue weighted by Crippen LogP contribution is 2.08. The lowest BCUT2D eigenvalue weighted by molar-refractivity contribution is 0.367. The van der Waals surface area contributed by atoms with Crippen molar-refractivity contribution in [3.05, 3.63) is 30.3 Å². The van der Waals surface area contributed by atoms with Gasteiger partial charge in [-0.25, -0.2) is 0 Å². The van der Waals surface area contributed by atoms with Gasteiger partial charge in [-0.3, -0.25) is 0 Å². The first-order chi connectivity index (χ1) is 6.45. The average Bonchev–Trinajstić information content (AvgIpc) is 2.21. The number of anilines is 1. The second-order valence-electron chi connectivity index (χ2n) is 3.40. The van der Waals surface area contributed by atoms with Crippen LogP contribution in [0.4, 0.5) is 5.69 Å². The SMILES string of the molecule is c1ccc(N[SiH]2CCO[SiH2][SiH2]2)cc1. The molecule has 1 atom stereocenters. The second-order valence-corrected chi connectivity index (χ2v) is 18.2. The Balaban J connectivity index is 1.90. The lowest BCUT2D eigenvalue weighted by atomic mass is 10.3. The molecule has 1 unspecified atom stereocenters. The van der Waals surface area contributed by atoms with Crippen LogP contribution in [0, 0.1) is 0 Å². The van der Waals surface area contributed by atoms with Crippen molar-refractivity contribution >= 4 is 32.0 Å². The van der Waals surface area contributed by atoms with Gasteiger partial charge in [0.15, 0.2) is 0 Å². The lowest BCUT2D eigenvalue weighted by Gasteiger charge is -2.21. The first-order valence-corrected chi connectivity index (χ1v) is 14.1. The molecule has 1 N–H and O–H groups in total. The van der Waals surface area contributed by atoms with E-state index in [1.165, 1.54) is 11.7 Å². The van der Waals surface area contributed by atoms with E-state index < -0.39 is 8.48 Å². The molecule has 0 bridgehead atoms. The van der Waals surface area contributed by atoms with E-state index in [4.69, 9.17) is 4.43 Å². The van der Waals surface area contributed by atoms with Crippen molar-refractivity contribution in [1.29, 1.82) is 0 Å². The highest BCUT2D eigenvalue weighted by Gasteiger charge is 2.15. The third-order valence-corrected chi connectivity index (χ3v) is 19.4. The zero-order valence-corrected chi connectivity index (χ0v) is 11.7. The Kier molecular flexibility index (Phi) is 3.36. The fourth-order valence-corrected chi connectivity index (χ4v) is 16.9. The first-order valence-electron chi connectivity index (χ1n) is 4.84. The third-order valence-electron chi connectivity index (χ3n) is 2.37. The van der Waals surface area contributed by atoms with Crippen LogP contribution in [-0.4, -0.2) is 32.9 Å². The van der Waals surface area contributed by atoms with Crippen molar-refractivity contribution in [1.82, 2.24) is 0 Å². The predicted molar refractivity (Wildman–Crippen MR) is 65.1 cm³/mol. The van der Waals surface area contributed by atoms with Gasteiger partial charge in [0, 0.05) is 12.3 Å². The Labute approximate surface area is 84.7 Å². The van der Waals surface area contributed by atoms with E-state index in [2.05, 4.69) is 35.3 Å². The quantitative estimate of drug-likeness (QED) is 0.687. The fourth-order valence-electron chi connectivity index (χ4n) is 1.61. The monoisotopic (exact) mass is 225 g/mol. The van der Waals surface area contributed by atoms with E-state index in [9.17, 15) is 0 Å². The largest absolute Gasteiger partial charge is 0.428 e. The molecule has 0 aromatic heterocycles. The Morgan fingerprint density at radius 1 is 1.31 bits per heavy atom. The molecule has 0 saturated carbocycles. The van der Waals surface area contributed by atoms with Crippen molar-refractivity contribution < 1.29 is 4.43 Å². The lowest BCUT2D eigenvalue weighted by Crippen LogP contribution is -2.41. The van der Waals surface area contributed by atoms with E-state index in [0.717, 1.165) is 6.61 Å². The summed E-state index contributed by atoms with van der Waals surface area (Å²) in [5, 5.41) is 0. The summed E-state index contributed by atoms with van der Waals surface area (Å²) in [6, 6.07) is 12.0. The molecule has 1 saturated heterocycles. The summed E-state index contributed by atoms with van der Waals surface area (Å²) in [6.07, 6.45) is 0. The Morgan fingerprint density at radius 2 is 2.15 bits per heavy atom. The van der Waals surface area contributed by atoms with Crippen LogP contribution in [0.2, 0.25) is 6.04 Å². The summed E-state index contributed by atoms with van der Waals surface area (Å²) in [7, 11) is -0.321. The standard InChI is InChI=1S/C8H15NOSi3/c1-2-4-8(5-3-1)9-13-7-6-10-11-12-13/h1-5,9,13H,6-7,11-12H2. The Hall–Kier alpha value is -0.369.